The Morgan fingerprint density at radius 3 is 2.89 bits per heavy atom. The van der Waals surface area contributed by atoms with Gasteiger partial charge in [0, 0.05) is 44.0 Å². The Bertz CT molecular complexity index is 1680. The molecule has 1 aromatic carbocycles. The average molecular weight is 515 g/mol. The van der Waals surface area contributed by atoms with Crippen LogP contribution in [0.3, 0.4) is 0 Å². The summed E-state index contributed by atoms with van der Waals surface area (Å²) in [7, 11) is 1.74. The molecule has 2 aliphatic heterocycles. The molecule has 2 fully saturated rings. The number of nitrogens with zero attached hydrogens (tertiary/aromatic N) is 6. The Hall–Kier alpha value is -3.97. The minimum atomic E-state index is -0.451. The summed E-state index contributed by atoms with van der Waals surface area (Å²) in [5.41, 5.74) is 2.29. The zero-order valence-corrected chi connectivity index (χ0v) is 21.1. The quantitative estimate of drug-likeness (QED) is 0.363. The van der Waals surface area contributed by atoms with Gasteiger partial charge in [-0.3, -0.25) is 14.1 Å². The predicted molar refractivity (Wildman–Crippen MR) is 139 cm³/mol. The van der Waals surface area contributed by atoms with E-state index >= 15 is 4.39 Å². The molecule has 7 rings (SSSR count). The standard InChI is InChI=1S/C28H27FN6O3/c1-33-21-14-31-20-11-19(29)23(26-24(20)25(21)35(27(33)36)28(6-7-28)16-38-26)18-3-4-22(32-13-18)37-10-2-8-34-9-5-17(12-30)15-34/h3-4,11,13-14,17H,2,5-10,15-16H2,1H3/t17-/m1/s1. The lowest BCUT2D eigenvalue weighted by molar-refractivity contribution is 0.241. The highest BCUT2D eigenvalue weighted by atomic mass is 19.1. The Kier molecular flexibility index (Phi) is 5.20. The highest BCUT2D eigenvalue weighted by Gasteiger charge is 2.50. The summed E-state index contributed by atoms with van der Waals surface area (Å²) in [5.74, 6) is 0.553. The van der Waals surface area contributed by atoms with Crippen molar-refractivity contribution in [2.24, 2.45) is 13.0 Å². The molecule has 1 saturated heterocycles. The van der Waals surface area contributed by atoms with Crippen molar-refractivity contribution in [2.75, 3.05) is 32.8 Å². The van der Waals surface area contributed by atoms with Crippen LogP contribution in [0.2, 0.25) is 0 Å². The minimum Gasteiger partial charge on any atom is -0.490 e. The number of aryl methyl sites for hydroxylation is 1. The van der Waals surface area contributed by atoms with Crippen molar-refractivity contribution in [1.29, 1.82) is 5.26 Å². The summed E-state index contributed by atoms with van der Waals surface area (Å²) >= 11 is 0. The lowest BCUT2D eigenvalue weighted by atomic mass is 10.0. The number of ether oxygens (including phenoxy) is 2. The van der Waals surface area contributed by atoms with Crippen LogP contribution in [0.4, 0.5) is 4.39 Å². The van der Waals surface area contributed by atoms with Crippen molar-refractivity contribution in [3.8, 4) is 28.8 Å². The van der Waals surface area contributed by atoms with Crippen LogP contribution in [0.15, 0.2) is 35.4 Å². The molecule has 0 amide bonds. The maximum absolute atomic E-state index is 15.6. The summed E-state index contributed by atoms with van der Waals surface area (Å²) < 4.78 is 31.1. The number of fused-ring (bicyclic) bond motifs is 1. The van der Waals surface area contributed by atoms with Gasteiger partial charge in [0.1, 0.15) is 18.2 Å². The normalized spacial score (nSPS) is 19.7. The van der Waals surface area contributed by atoms with Gasteiger partial charge in [-0.05, 0) is 38.3 Å². The number of hydrogen-bond acceptors (Lipinski definition) is 7. The van der Waals surface area contributed by atoms with E-state index in [9.17, 15) is 4.79 Å². The van der Waals surface area contributed by atoms with Crippen molar-refractivity contribution < 1.29 is 13.9 Å². The van der Waals surface area contributed by atoms with Crippen LogP contribution in [0.5, 0.6) is 11.6 Å². The third-order valence-electron chi connectivity index (χ3n) is 8.22. The molecule has 3 aromatic heterocycles. The summed E-state index contributed by atoms with van der Waals surface area (Å²) in [5, 5.41) is 9.71. The van der Waals surface area contributed by atoms with Crippen molar-refractivity contribution in [3.05, 3.63) is 46.9 Å². The van der Waals surface area contributed by atoms with Crippen LogP contribution in [0, 0.1) is 23.1 Å². The predicted octanol–water partition coefficient (Wildman–Crippen LogP) is 3.59. The van der Waals surface area contributed by atoms with E-state index in [1.54, 1.807) is 36.1 Å². The molecule has 9 nitrogen and oxygen atoms in total. The highest BCUT2D eigenvalue weighted by molar-refractivity contribution is 6.09. The number of hydrogen-bond donors (Lipinski definition) is 0. The van der Waals surface area contributed by atoms with E-state index in [1.165, 1.54) is 6.07 Å². The topological polar surface area (TPSA) is 98.2 Å². The van der Waals surface area contributed by atoms with Crippen LogP contribution < -0.4 is 15.2 Å². The summed E-state index contributed by atoms with van der Waals surface area (Å²) in [4.78, 5) is 24.4. The second-order valence-electron chi connectivity index (χ2n) is 10.6. The molecule has 0 N–H and O–H groups in total. The zero-order valence-electron chi connectivity index (χ0n) is 21.1. The van der Waals surface area contributed by atoms with Crippen molar-refractivity contribution >= 4 is 21.9 Å². The molecule has 0 radical (unpaired) electrons. The number of rotatable bonds is 6. The molecule has 38 heavy (non-hydrogen) atoms. The molecule has 1 aliphatic carbocycles. The van der Waals surface area contributed by atoms with E-state index in [-0.39, 0.29) is 11.6 Å². The lowest BCUT2D eigenvalue weighted by Crippen LogP contribution is -2.34. The Morgan fingerprint density at radius 1 is 1.29 bits per heavy atom. The molecular formula is C28H27FN6O3. The number of aromatic nitrogens is 4. The van der Waals surface area contributed by atoms with Gasteiger partial charge in [-0.25, -0.2) is 14.2 Å². The summed E-state index contributed by atoms with van der Waals surface area (Å²) in [6.45, 7) is 3.47. The van der Waals surface area contributed by atoms with Gasteiger partial charge in [-0.1, -0.05) is 0 Å². The largest absolute Gasteiger partial charge is 0.490 e. The molecule has 5 heterocycles. The molecule has 3 aliphatic rings. The lowest BCUT2D eigenvalue weighted by Gasteiger charge is -2.17. The van der Waals surface area contributed by atoms with E-state index in [1.807, 2.05) is 4.57 Å². The fourth-order valence-electron chi connectivity index (χ4n) is 5.94. The second-order valence-corrected chi connectivity index (χ2v) is 10.6. The van der Waals surface area contributed by atoms with Gasteiger partial charge < -0.3 is 14.4 Å². The number of nitriles is 1. The first kappa shape index (κ1) is 23.2. The van der Waals surface area contributed by atoms with E-state index in [2.05, 4.69) is 20.9 Å². The Balaban J connectivity index is 1.19. The second kappa shape index (κ2) is 8.53. The molecule has 0 bridgehead atoms. The van der Waals surface area contributed by atoms with Gasteiger partial charge in [0.05, 0.1) is 57.8 Å². The van der Waals surface area contributed by atoms with Crippen LogP contribution in [0.1, 0.15) is 25.7 Å². The Labute approximate surface area is 218 Å². The van der Waals surface area contributed by atoms with Crippen molar-refractivity contribution in [2.45, 2.75) is 31.2 Å². The molecule has 10 heteroatoms. The zero-order chi connectivity index (χ0) is 26.0. The number of likely N-dealkylation sites (tertiary alicyclic amines) is 1. The van der Waals surface area contributed by atoms with Crippen LogP contribution in [0.25, 0.3) is 33.1 Å². The van der Waals surface area contributed by atoms with Gasteiger partial charge in [-0.2, -0.15) is 5.26 Å². The highest BCUT2D eigenvalue weighted by Crippen LogP contribution is 2.51. The van der Waals surface area contributed by atoms with Crippen molar-refractivity contribution in [3.63, 3.8) is 0 Å². The molecule has 4 aromatic rings. The summed E-state index contributed by atoms with van der Waals surface area (Å²) in [6.07, 6.45) is 6.68. The summed E-state index contributed by atoms with van der Waals surface area (Å²) in [6, 6.07) is 7.27. The van der Waals surface area contributed by atoms with E-state index in [0.717, 1.165) is 50.8 Å². The maximum atomic E-state index is 15.6. The maximum Gasteiger partial charge on any atom is 0.329 e. The fraction of sp³-hybridized carbons (Fsp3) is 0.429. The SMILES string of the molecule is Cn1c(=O)n2c3c4c(c(-c5ccc(OCCCN6CC[C@H](C#N)C6)nc5)c(F)cc4ncc31)OCC21CC1. The molecular weight excluding hydrogens is 487 g/mol. The fourth-order valence-corrected chi connectivity index (χ4v) is 5.94. The first-order chi connectivity index (χ1) is 18.5. The van der Waals surface area contributed by atoms with Gasteiger partial charge in [0.2, 0.25) is 5.88 Å². The molecule has 1 saturated carbocycles. The average Bonchev–Trinajstić information content (AvgIpc) is 3.51. The van der Waals surface area contributed by atoms with Crippen molar-refractivity contribution in [1.82, 2.24) is 24.0 Å². The third kappa shape index (κ3) is 3.49. The third-order valence-corrected chi connectivity index (χ3v) is 8.22. The molecule has 0 unspecified atom stereocenters. The number of pyridine rings is 2. The van der Waals surface area contributed by atoms with E-state index in [0.29, 0.717) is 52.4 Å². The first-order valence-electron chi connectivity index (χ1n) is 13.1. The van der Waals surface area contributed by atoms with Gasteiger partial charge in [-0.15, -0.1) is 0 Å². The van der Waals surface area contributed by atoms with Crippen LogP contribution in [-0.2, 0) is 12.6 Å². The first-order valence-corrected chi connectivity index (χ1v) is 13.1. The van der Waals surface area contributed by atoms with Gasteiger partial charge in [0.15, 0.2) is 0 Å². The van der Waals surface area contributed by atoms with Crippen LogP contribution in [-0.4, -0.2) is 56.9 Å². The molecule has 194 valence electrons. The number of halogens is 1. The molecule has 1 spiro atoms. The van der Waals surface area contributed by atoms with Gasteiger partial charge >= 0.3 is 5.69 Å². The monoisotopic (exact) mass is 514 g/mol. The van der Waals surface area contributed by atoms with E-state index in [4.69, 9.17) is 14.7 Å². The molecule has 1 atom stereocenters. The number of imidazole rings is 1. The number of benzene rings is 1. The Morgan fingerprint density at radius 2 is 2.16 bits per heavy atom. The smallest absolute Gasteiger partial charge is 0.329 e. The minimum absolute atomic E-state index is 0.105. The van der Waals surface area contributed by atoms with Gasteiger partial charge in [0.25, 0.3) is 0 Å². The van der Waals surface area contributed by atoms with E-state index < -0.39 is 11.4 Å². The van der Waals surface area contributed by atoms with Crippen LogP contribution >= 0.6 is 0 Å².